The predicted molar refractivity (Wildman–Crippen MR) is 63.1 cm³/mol. The Hall–Kier alpha value is -1.85. The summed E-state index contributed by atoms with van der Waals surface area (Å²) in [7, 11) is 0. The largest absolute Gasteiger partial charge is 0.480 e. The van der Waals surface area contributed by atoms with Gasteiger partial charge in [0.1, 0.15) is 18.2 Å². The van der Waals surface area contributed by atoms with E-state index in [1.807, 2.05) is 20.8 Å². The predicted octanol–water partition coefficient (Wildman–Crippen LogP) is 1.40. The first-order chi connectivity index (χ1) is 8.04. The van der Waals surface area contributed by atoms with Crippen LogP contribution in [-0.4, -0.2) is 33.7 Å². The molecular weight excluding hydrogens is 222 g/mol. The number of carboxylic acid groups (broad SMARTS) is 1. The summed E-state index contributed by atoms with van der Waals surface area (Å²) in [6, 6.07) is 0.904. The van der Waals surface area contributed by atoms with E-state index in [0.717, 1.165) is 0 Å². The van der Waals surface area contributed by atoms with Gasteiger partial charge in [-0.3, -0.25) is 0 Å². The monoisotopic (exact) mass is 239 g/mol. The molecule has 6 nitrogen and oxygen atoms in total. The van der Waals surface area contributed by atoms with E-state index in [9.17, 15) is 4.79 Å². The number of anilines is 1. The van der Waals surface area contributed by atoms with E-state index in [1.54, 1.807) is 6.07 Å². The highest BCUT2D eigenvalue weighted by Gasteiger charge is 2.21. The number of hydrogen-bond acceptors (Lipinski definition) is 5. The smallest absolute Gasteiger partial charge is 0.326 e. The molecule has 0 amide bonds. The van der Waals surface area contributed by atoms with Crippen LogP contribution in [0, 0.1) is 5.92 Å². The van der Waals surface area contributed by atoms with Crippen LogP contribution in [0.1, 0.15) is 20.8 Å². The van der Waals surface area contributed by atoms with Gasteiger partial charge < -0.3 is 15.2 Å². The summed E-state index contributed by atoms with van der Waals surface area (Å²) in [5.41, 5.74) is 0. The van der Waals surface area contributed by atoms with Crippen molar-refractivity contribution < 1.29 is 14.6 Å². The number of carbonyl (C=O) groups is 1. The molecule has 1 aromatic heterocycles. The van der Waals surface area contributed by atoms with Crippen molar-refractivity contribution in [3.8, 4) is 5.88 Å². The molecule has 1 atom stereocenters. The standard InChI is InChI=1S/C11H17N3O3/c1-4-17-9-5-8(12-6-13-9)14-10(7(2)3)11(15)16/h5-7,10H,4H2,1-3H3,(H,15,16)(H,12,13,14)/t10-/m1/s1. The lowest BCUT2D eigenvalue weighted by Gasteiger charge is -2.18. The summed E-state index contributed by atoms with van der Waals surface area (Å²) in [5.74, 6) is -0.0722. The van der Waals surface area contributed by atoms with E-state index in [2.05, 4.69) is 15.3 Å². The van der Waals surface area contributed by atoms with Crippen LogP contribution in [0.5, 0.6) is 5.88 Å². The van der Waals surface area contributed by atoms with Gasteiger partial charge in [0.05, 0.1) is 6.61 Å². The highest BCUT2D eigenvalue weighted by molar-refractivity contribution is 5.77. The average molecular weight is 239 g/mol. The van der Waals surface area contributed by atoms with Gasteiger partial charge in [-0.05, 0) is 12.8 Å². The van der Waals surface area contributed by atoms with E-state index in [4.69, 9.17) is 9.84 Å². The van der Waals surface area contributed by atoms with Crippen LogP contribution in [0.2, 0.25) is 0 Å². The minimum absolute atomic E-state index is 0.0435. The first-order valence-electron chi connectivity index (χ1n) is 5.48. The molecule has 1 rings (SSSR count). The second kappa shape index (κ2) is 6.03. The number of nitrogens with zero attached hydrogens (tertiary/aromatic N) is 2. The van der Waals surface area contributed by atoms with Crippen molar-refractivity contribution in [2.24, 2.45) is 5.92 Å². The topological polar surface area (TPSA) is 84.3 Å². The van der Waals surface area contributed by atoms with E-state index in [1.165, 1.54) is 6.33 Å². The number of aromatic nitrogens is 2. The molecule has 0 aliphatic carbocycles. The lowest BCUT2D eigenvalue weighted by Crippen LogP contribution is -2.34. The first kappa shape index (κ1) is 13.2. The fourth-order valence-electron chi connectivity index (χ4n) is 1.32. The fourth-order valence-corrected chi connectivity index (χ4v) is 1.32. The molecule has 0 aliphatic heterocycles. The zero-order valence-corrected chi connectivity index (χ0v) is 10.2. The van der Waals surface area contributed by atoms with Gasteiger partial charge in [0.2, 0.25) is 5.88 Å². The van der Waals surface area contributed by atoms with Crippen molar-refractivity contribution in [2.75, 3.05) is 11.9 Å². The Morgan fingerprint density at radius 2 is 2.24 bits per heavy atom. The fraction of sp³-hybridized carbons (Fsp3) is 0.545. The van der Waals surface area contributed by atoms with Crippen molar-refractivity contribution in [1.29, 1.82) is 0 Å². The number of nitrogens with one attached hydrogen (secondary N) is 1. The first-order valence-corrected chi connectivity index (χ1v) is 5.48. The number of rotatable bonds is 6. The van der Waals surface area contributed by atoms with Crippen molar-refractivity contribution in [3.05, 3.63) is 12.4 Å². The Labute approximate surface area is 100 Å². The maximum atomic E-state index is 11.0. The average Bonchev–Trinajstić information content (AvgIpc) is 2.26. The molecule has 0 saturated carbocycles. The molecule has 0 saturated heterocycles. The lowest BCUT2D eigenvalue weighted by molar-refractivity contribution is -0.138. The Morgan fingerprint density at radius 1 is 1.53 bits per heavy atom. The molecule has 0 aliphatic rings. The zero-order chi connectivity index (χ0) is 12.8. The van der Waals surface area contributed by atoms with Gasteiger partial charge in [-0.2, -0.15) is 0 Å². The molecule has 2 N–H and O–H groups in total. The Balaban J connectivity index is 2.78. The van der Waals surface area contributed by atoms with Gasteiger partial charge in [-0.15, -0.1) is 0 Å². The van der Waals surface area contributed by atoms with E-state index in [-0.39, 0.29) is 5.92 Å². The molecular formula is C11H17N3O3. The van der Waals surface area contributed by atoms with Gasteiger partial charge in [0.25, 0.3) is 0 Å². The summed E-state index contributed by atoms with van der Waals surface area (Å²) < 4.78 is 5.21. The molecule has 0 unspecified atom stereocenters. The van der Waals surface area contributed by atoms with Gasteiger partial charge >= 0.3 is 5.97 Å². The highest BCUT2D eigenvalue weighted by atomic mass is 16.5. The molecule has 0 spiro atoms. The molecule has 0 radical (unpaired) electrons. The van der Waals surface area contributed by atoms with Crippen LogP contribution in [0.4, 0.5) is 5.82 Å². The number of ether oxygens (including phenoxy) is 1. The molecule has 6 heteroatoms. The Morgan fingerprint density at radius 3 is 2.76 bits per heavy atom. The van der Waals surface area contributed by atoms with E-state index >= 15 is 0 Å². The molecule has 94 valence electrons. The third kappa shape index (κ3) is 3.90. The van der Waals surface area contributed by atoms with Crippen LogP contribution >= 0.6 is 0 Å². The number of hydrogen-bond donors (Lipinski definition) is 2. The lowest BCUT2D eigenvalue weighted by atomic mass is 10.1. The molecule has 0 bridgehead atoms. The van der Waals surface area contributed by atoms with Crippen molar-refractivity contribution in [3.63, 3.8) is 0 Å². The van der Waals surface area contributed by atoms with Crippen molar-refractivity contribution in [1.82, 2.24) is 9.97 Å². The van der Waals surface area contributed by atoms with Gasteiger partial charge in [-0.1, -0.05) is 13.8 Å². The Bertz CT molecular complexity index is 382. The van der Waals surface area contributed by atoms with Crippen LogP contribution in [0.15, 0.2) is 12.4 Å². The van der Waals surface area contributed by atoms with Gasteiger partial charge in [0.15, 0.2) is 0 Å². The molecule has 17 heavy (non-hydrogen) atoms. The summed E-state index contributed by atoms with van der Waals surface area (Å²) in [6.45, 7) is 6.01. The molecule has 1 heterocycles. The quantitative estimate of drug-likeness (QED) is 0.780. The maximum absolute atomic E-state index is 11.0. The van der Waals surface area contributed by atoms with Crippen LogP contribution in [0.25, 0.3) is 0 Å². The van der Waals surface area contributed by atoms with Crippen molar-refractivity contribution in [2.45, 2.75) is 26.8 Å². The van der Waals surface area contributed by atoms with Crippen LogP contribution in [-0.2, 0) is 4.79 Å². The highest BCUT2D eigenvalue weighted by Crippen LogP contribution is 2.14. The summed E-state index contributed by atoms with van der Waals surface area (Å²) in [4.78, 5) is 18.9. The molecule has 1 aromatic rings. The number of carboxylic acids is 1. The van der Waals surface area contributed by atoms with E-state index in [0.29, 0.717) is 18.3 Å². The second-order valence-electron chi connectivity index (χ2n) is 3.88. The van der Waals surface area contributed by atoms with Crippen LogP contribution < -0.4 is 10.1 Å². The normalized spacial score (nSPS) is 12.2. The minimum atomic E-state index is -0.906. The summed E-state index contributed by atoms with van der Waals surface area (Å²) in [6.07, 6.45) is 1.34. The van der Waals surface area contributed by atoms with Crippen LogP contribution in [0.3, 0.4) is 0 Å². The second-order valence-corrected chi connectivity index (χ2v) is 3.88. The molecule has 0 fully saturated rings. The van der Waals surface area contributed by atoms with Crippen molar-refractivity contribution >= 4 is 11.8 Å². The molecule has 0 aromatic carbocycles. The summed E-state index contributed by atoms with van der Waals surface area (Å²) >= 11 is 0. The Kier molecular flexibility index (Phi) is 4.68. The third-order valence-corrected chi connectivity index (χ3v) is 2.17. The maximum Gasteiger partial charge on any atom is 0.326 e. The van der Waals surface area contributed by atoms with Gasteiger partial charge in [-0.25, -0.2) is 14.8 Å². The van der Waals surface area contributed by atoms with Gasteiger partial charge in [0, 0.05) is 6.07 Å². The third-order valence-electron chi connectivity index (χ3n) is 2.17. The minimum Gasteiger partial charge on any atom is -0.480 e. The summed E-state index contributed by atoms with van der Waals surface area (Å²) in [5, 5.41) is 11.9. The SMILES string of the molecule is CCOc1cc(N[C@@H](C(=O)O)C(C)C)ncn1. The zero-order valence-electron chi connectivity index (χ0n) is 10.2. The van der Waals surface area contributed by atoms with E-state index < -0.39 is 12.0 Å². The number of aliphatic carboxylic acids is 1.